The van der Waals surface area contributed by atoms with Gasteiger partial charge in [0.15, 0.2) is 11.6 Å². The highest BCUT2D eigenvalue weighted by Gasteiger charge is 2.49. The Morgan fingerprint density at radius 1 is 0.767 bits per heavy atom. The molecule has 0 aromatic heterocycles. The average Bonchev–Trinajstić information content (AvgIpc) is 2.95. The minimum absolute atomic E-state index is 0.140. The summed E-state index contributed by atoms with van der Waals surface area (Å²) in [5.74, 6) is 0.573. The van der Waals surface area contributed by atoms with Gasteiger partial charge in [0.25, 0.3) is 0 Å². The van der Waals surface area contributed by atoms with E-state index in [2.05, 4.69) is 75.1 Å². The average molecular weight is 578 g/mol. The van der Waals surface area contributed by atoms with Crippen LogP contribution in [0.2, 0.25) is 0 Å². The van der Waals surface area contributed by atoms with E-state index < -0.39 is 5.92 Å². The van der Waals surface area contributed by atoms with Gasteiger partial charge in [-0.05, 0) is 52.5 Å². The van der Waals surface area contributed by atoms with Crippen LogP contribution in [0, 0.1) is 10.8 Å². The van der Waals surface area contributed by atoms with E-state index in [4.69, 9.17) is 9.47 Å². The Morgan fingerprint density at radius 2 is 1.37 bits per heavy atom. The number of benzene rings is 3. The van der Waals surface area contributed by atoms with Crippen molar-refractivity contribution in [2.45, 2.75) is 72.3 Å². The van der Waals surface area contributed by atoms with Crippen LogP contribution in [0.25, 0.3) is 10.8 Å². The summed E-state index contributed by atoms with van der Waals surface area (Å²) in [6, 6.07) is 22.6. The molecule has 0 radical (unpaired) electrons. The molecule has 6 rings (SSSR count). The van der Waals surface area contributed by atoms with Gasteiger partial charge >= 0.3 is 0 Å². The SMILES string of the molecule is COCCCN1C2=C(C(=O)CC(C)(C)C2)C(c2ccccc2OCc2cccc3ccccc23)C2=C1CC(C)(C)CC2=O. The van der Waals surface area contributed by atoms with Crippen LogP contribution in [-0.2, 0) is 20.9 Å². The van der Waals surface area contributed by atoms with Gasteiger partial charge in [-0.3, -0.25) is 9.59 Å². The number of Topliss-reactive ketones (excluding diaryl/α,β-unsaturated/α-hetero) is 2. The number of allylic oxidation sites excluding steroid dienone is 4. The number of hydrogen-bond acceptors (Lipinski definition) is 5. The zero-order valence-electron chi connectivity index (χ0n) is 26.2. The predicted molar refractivity (Wildman–Crippen MR) is 171 cm³/mol. The van der Waals surface area contributed by atoms with Crippen molar-refractivity contribution in [2.75, 3.05) is 20.3 Å². The number of ketones is 2. The number of rotatable bonds is 8. The minimum atomic E-state index is -0.431. The first-order valence-electron chi connectivity index (χ1n) is 15.6. The summed E-state index contributed by atoms with van der Waals surface area (Å²) in [7, 11) is 1.72. The molecule has 43 heavy (non-hydrogen) atoms. The Balaban J connectivity index is 1.48. The Bertz CT molecular complexity index is 1580. The molecule has 0 atom stereocenters. The molecule has 3 aromatic rings. The monoisotopic (exact) mass is 577 g/mol. The Morgan fingerprint density at radius 3 is 2.05 bits per heavy atom. The van der Waals surface area contributed by atoms with E-state index in [0.29, 0.717) is 26.1 Å². The van der Waals surface area contributed by atoms with Crippen molar-refractivity contribution in [1.82, 2.24) is 4.90 Å². The fourth-order valence-corrected chi connectivity index (χ4v) is 7.42. The standard InChI is InChI=1S/C38H43NO4/c1-37(2)20-29-35(31(40)22-37)34(36-30(39(29)18-11-19-42-5)21-38(3,4)23-32(36)41)28-16-8-9-17-33(28)43-24-26-14-10-13-25-12-6-7-15-27(25)26/h6-10,12-17,34H,11,18-24H2,1-5H3. The Kier molecular flexibility index (Phi) is 7.80. The molecule has 5 nitrogen and oxygen atoms in total. The molecule has 3 aliphatic rings. The van der Waals surface area contributed by atoms with Crippen LogP contribution in [0.5, 0.6) is 5.75 Å². The molecule has 2 aliphatic carbocycles. The highest BCUT2D eigenvalue weighted by Crippen LogP contribution is 2.55. The number of para-hydroxylation sites is 1. The number of methoxy groups -OCH3 is 1. The number of fused-ring (bicyclic) bond motifs is 1. The second-order valence-corrected chi connectivity index (χ2v) is 14.0. The molecule has 0 saturated heterocycles. The van der Waals surface area contributed by atoms with E-state index >= 15 is 0 Å². The summed E-state index contributed by atoms with van der Waals surface area (Å²) < 4.78 is 12.0. The summed E-state index contributed by atoms with van der Waals surface area (Å²) in [6.07, 6.45) is 3.35. The normalized spacial score (nSPS) is 20.0. The first-order chi connectivity index (χ1) is 20.6. The lowest BCUT2D eigenvalue weighted by molar-refractivity contribution is -0.119. The molecule has 1 heterocycles. The molecule has 0 saturated carbocycles. The van der Waals surface area contributed by atoms with E-state index in [1.807, 2.05) is 24.3 Å². The van der Waals surface area contributed by atoms with Gasteiger partial charge < -0.3 is 14.4 Å². The zero-order valence-corrected chi connectivity index (χ0v) is 26.2. The van der Waals surface area contributed by atoms with Crippen molar-refractivity contribution in [2.24, 2.45) is 10.8 Å². The number of ether oxygens (including phenoxy) is 2. The Labute approximate surface area is 255 Å². The van der Waals surface area contributed by atoms with Crippen molar-refractivity contribution in [1.29, 1.82) is 0 Å². The highest BCUT2D eigenvalue weighted by atomic mass is 16.5. The lowest BCUT2D eigenvalue weighted by Gasteiger charge is -2.49. The second kappa shape index (κ2) is 11.4. The number of carbonyl (C=O) groups excluding carboxylic acids is 2. The van der Waals surface area contributed by atoms with Crippen LogP contribution in [0.1, 0.15) is 76.8 Å². The van der Waals surface area contributed by atoms with E-state index in [0.717, 1.165) is 70.6 Å². The van der Waals surface area contributed by atoms with Crippen LogP contribution in [0.15, 0.2) is 89.3 Å². The third kappa shape index (κ3) is 5.68. The molecule has 0 spiro atoms. The predicted octanol–water partition coefficient (Wildman–Crippen LogP) is 8.14. The summed E-state index contributed by atoms with van der Waals surface area (Å²) >= 11 is 0. The van der Waals surface area contributed by atoms with Gasteiger partial charge in [0.05, 0.1) is 0 Å². The van der Waals surface area contributed by atoms with Crippen LogP contribution < -0.4 is 4.74 Å². The van der Waals surface area contributed by atoms with Crippen LogP contribution in [0.4, 0.5) is 0 Å². The van der Waals surface area contributed by atoms with Crippen LogP contribution in [0.3, 0.4) is 0 Å². The van der Waals surface area contributed by atoms with Gasteiger partial charge in [-0.2, -0.15) is 0 Å². The molecular formula is C38H43NO4. The van der Waals surface area contributed by atoms with E-state index in [-0.39, 0.29) is 22.4 Å². The first-order valence-corrected chi connectivity index (χ1v) is 15.6. The number of nitrogens with zero attached hydrogens (tertiary/aromatic N) is 1. The largest absolute Gasteiger partial charge is 0.489 e. The van der Waals surface area contributed by atoms with Gasteiger partial charge in [-0.15, -0.1) is 0 Å². The third-order valence-corrected chi connectivity index (χ3v) is 9.25. The van der Waals surface area contributed by atoms with Gasteiger partial charge in [-0.25, -0.2) is 0 Å². The fourth-order valence-electron chi connectivity index (χ4n) is 7.42. The zero-order chi connectivity index (χ0) is 30.4. The molecule has 0 amide bonds. The molecule has 224 valence electrons. The van der Waals surface area contributed by atoms with Crippen molar-refractivity contribution in [3.63, 3.8) is 0 Å². The molecule has 0 N–H and O–H groups in total. The molecule has 5 heteroatoms. The topological polar surface area (TPSA) is 55.8 Å². The summed E-state index contributed by atoms with van der Waals surface area (Å²) in [5.41, 5.74) is 5.42. The molecule has 1 aliphatic heterocycles. The van der Waals surface area contributed by atoms with Crippen molar-refractivity contribution in [3.8, 4) is 5.75 Å². The van der Waals surface area contributed by atoms with Crippen LogP contribution in [-0.4, -0.2) is 36.7 Å². The molecule has 0 unspecified atom stereocenters. The Hall–Kier alpha value is -3.70. The molecule has 0 bridgehead atoms. The smallest absolute Gasteiger partial charge is 0.162 e. The summed E-state index contributed by atoms with van der Waals surface area (Å²) in [6.45, 7) is 10.5. The minimum Gasteiger partial charge on any atom is -0.489 e. The number of carbonyl (C=O) groups is 2. The van der Waals surface area contributed by atoms with Gasteiger partial charge in [0, 0.05) is 67.1 Å². The molecule has 3 aromatic carbocycles. The quantitative estimate of drug-likeness (QED) is 0.253. The lowest BCUT2D eigenvalue weighted by Crippen LogP contribution is -2.44. The summed E-state index contributed by atoms with van der Waals surface area (Å²) in [4.78, 5) is 30.7. The summed E-state index contributed by atoms with van der Waals surface area (Å²) in [5, 5.41) is 2.34. The van der Waals surface area contributed by atoms with E-state index in [1.54, 1.807) is 7.11 Å². The van der Waals surface area contributed by atoms with Gasteiger partial charge in [0.1, 0.15) is 12.4 Å². The second-order valence-electron chi connectivity index (χ2n) is 14.0. The number of hydrogen-bond donors (Lipinski definition) is 0. The lowest BCUT2D eigenvalue weighted by atomic mass is 9.63. The maximum Gasteiger partial charge on any atom is 0.162 e. The van der Waals surface area contributed by atoms with Gasteiger partial charge in [0.2, 0.25) is 0 Å². The molecule has 0 fully saturated rings. The van der Waals surface area contributed by atoms with E-state index in [1.165, 1.54) is 5.39 Å². The third-order valence-electron chi connectivity index (χ3n) is 9.25. The van der Waals surface area contributed by atoms with E-state index in [9.17, 15) is 9.59 Å². The fraction of sp³-hybridized carbons (Fsp3) is 0.421. The molecular weight excluding hydrogens is 534 g/mol. The van der Waals surface area contributed by atoms with Crippen molar-refractivity contribution in [3.05, 3.63) is 100 Å². The van der Waals surface area contributed by atoms with Gasteiger partial charge in [-0.1, -0.05) is 88.4 Å². The van der Waals surface area contributed by atoms with Crippen molar-refractivity contribution >= 4 is 22.3 Å². The highest BCUT2D eigenvalue weighted by molar-refractivity contribution is 6.07. The van der Waals surface area contributed by atoms with Crippen LogP contribution >= 0.6 is 0 Å². The first kappa shape index (κ1) is 29.4. The maximum atomic E-state index is 14.2. The maximum absolute atomic E-state index is 14.2. The van der Waals surface area contributed by atoms with Crippen molar-refractivity contribution < 1.29 is 19.1 Å².